The smallest absolute Gasteiger partial charge is 0.279 e. The van der Waals surface area contributed by atoms with Crippen molar-refractivity contribution in [2.75, 3.05) is 4.72 Å². The normalized spacial score (nSPS) is 11.3. The molecule has 1 aromatic heterocycles. The number of sulfonamides is 1. The van der Waals surface area contributed by atoms with E-state index in [9.17, 15) is 22.9 Å². The lowest BCUT2D eigenvalue weighted by molar-refractivity contribution is -0.384. The molecule has 0 amide bonds. The maximum atomic E-state index is 12.7. The second-order valence-electron chi connectivity index (χ2n) is 3.59. The number of hydrogen-bond acceptors (Lipinski definition) is 5. The molecule has 0 fully saturated rings. The summed E-state index contributed by atoms with van der Waals surface area (Å²) in [5.74, 6) is -0.511. The third-order valence-corrected chi connectivity index (χ3v) is 5.40. The molecule has 0 aliphatic carbocycles. The van der Waals surface area contributed by atoms with Crippen LogP contribution in [-0.4, -0.2) is 13.3 Å². The molecule has 0 unspecified atom stereocenters. The molecule has 2 aromatic rings. The van der Waals surface area contributed by atoms with Gasteiger partial charge in [0.15, 0.2) is 4.34 Å². The molecule has 1 N–H and O–H groups in total. The number of rotatable bonds is 4. The van der Waals surface area contributed by atoms with Crippen molar-refractivity contribution in [3.63, 3.8) is 0 Å². The maximum Gasteiger partial charge on any atom is 0.300 e. The summed E-state index contributed by atoms with van der Waals surface area (Å²) >= 11 is 6.18. The van der Waals surface area contributed by atoms with Crippen LogP contribution in [-0.2, 0) is 10.0 Å². The summed E-state index contributed by atoms with van der Waals surface area (Å²) in [6.45, 7) is 0. The number of nitro groups is 1. The molecule has 0 spiro atoms. The van der Waals surface area contributed by atoms with Crippen LogP contribution >= 0.6 is 22.9 Å². The Labute approximate surface area is 122 Å². The van der Waals surface area contributed by atoms with Crippen molar-refractivity contribution in [3.8, 4) is 0 Å². The first-order valence-electron chi connectivity index (χ1n) is 5.02. The van der Waals surface area contributed by atoms with Gasteiger partial charge in [-0.3, -0.25) is 14.8 Å². The Balaban J connectivity index is 2.33. The van der Waals surface area contributed by atoms with Crippen molar-refractivity contribution in [2.45, 2.75) is 4.21 Å². The van der Waals surface area contributed by atoms with Crippen LogP contribution < -0.4 is 4.72 Å². The molecule has 0 aliphatic heterocycles. The molecule has 0 saturated carbocycles. The molecule has 6 nitrogen and oxygen atoms in total. The minimum Gasteiger partial charge on any atom is -0.279 e. The SMILES string of the molecule is O=[N+]([O-])c1cc(S(=O)(=O)Nc2ccc(F)cc2)sc1Cl. The Morgan fingerprint density at radius 3 is 2.40 bits per heavy atom. The minimum atomic E-state index is -4.00. The lowest BCUT2D eigenvalue weighted by atomic mass is 10.3. The van der Waals surface area contributed by atoms with E-state index in [2.05, 4.69) is 4.72 Å². The number of nitrogens with zero attached hydrogens (tertiary/aromatic N) is 1. The van der Waals surface area contributed by atoms with E-state index in [4.69, 9.17) is 11.6 Å². The monoisotopic (exact) mass is 336 g/mol. The zero-order chi connectivity index (χ0) is 14.9. The van der Waals surface area contributed by atoms with Crippen molar-refractivity contribution in [2.24, 2.45) is 0 Å². The Hall–Kier alpha value is -1.71. The average Bonchev–Trinajstić information content (AvgIpc) is 2.75. The third kappa shape index (κ3) is 3.06. The Bertz CT molecular complexity index is 758. The number of anilines is 1. The van der Waals surface area contributed by atoms with Crippen molar-refractivity contribution in [1.82, 2.24) is 0 Å². The Kier molecular flexibility index (Phi) is 3.93. The highest BCUT2D eigenvalue weighted by molar-refractivity contribution is 7.94. The number of hydrogen-bond donors (Lipinski definition) is 1. The van der Waals surface area contributed by atoms with Gasteiger partial charge >= 0.3 is 0 Å². The standard InChI is InChI=1S/C10H6ClFN2O4S2/c11-10-8(14(15)16)5-9(19-10)20(17,18)13-7-3-1-6(12)2-4-7/h1-5,13H. The van der Waals surface area contributed by atoms with Crippen LogP contribution in [0.3, 0.4) is 0 Å². The van der Waals surface area contributed by atoms with Crippen molar-refractivity contribution >= 4 is 44.3 Å². The number of benzene rings is 1. The average molecular weight is 337 g/mol. The van der Waals surface area contributed by atoms with Gasteiger partial charge < -0.3 is 0 Å². The first-order valence-corrected chi connectivity index (χ1v) is 7.69. The molecule has 0 radical (unpaired) electrons. The molecule has 0 bridgehead atoms. The van der Waals surface area contributed by atoms with Gasteiger partial charge in [0.2, 0.25) is 0 Å². The van der Waals surface area contributed by atoms with Gasteiger partial charge in [0.1, 0.15) is 10.0 Å². The quantitative estimate of drug-likeness (QED) is 0.685. The van der Waals surface area contributed by atoms with Crippen LogP contribution in [0.2, 0.25) is 4.34 Å². The highest BCUT2D eigenvalue weighted by atomic mass is 35.5. The van der Waals surface area contributed by atoms with Gasteiger partial charge in [0, 0.05) is 11.8 Å². The highest BCUT2D eigenvalue weighted by Crippen LogP contribution is 2.36. The van der Waals surface area contributed by atoms with Crippen molar-refractivity contribution in [3.05, 3.63) is 50.6 Å². The largest absolute Gasteiger partial charge is 0.300 e. The molecule has 2 rings (SSSR count). The second kappa shape index (κ2) is 5.35. The van der Waals surface area contributed by atoms with Crippen LogP contribution in [0.1, 0.15) is 0 Å². The van der Waals surface area contributed by atoms with E-state index in [0.717, 1.165) is 18.2 Å². The van der Waals surface area contributed by atoms with E-state index >= 15 is 0 Å². The van der Waals surface area contributed by atoms with Gasteiger partial charge in [-0.2, -0.15) is 0 Å². The van der Waals surface area contributed by atoms with Crippen LogP contribution in [0.15, 0.2) is 34.5 Å². The predicted octanol–water partition coefficient (Wildman–Crippen LogP) is 3.25. The fourth-order valence-electron chi connectivity index (χ4n) is 1.32. The molecule has 1 heterocycles. The lowest BCUT2D eigenvalue weighted by Crippen LogP contribution is -2.11. The number of halogens is 2. The zero-order valence-corrected chi connectivity index (χ0v) is 11.9. The molecule has 20 heavy (non-hydrogen) atoms. The third-order valence-electron chi connectivity index (χ3n) is 2.20. The minimum absolute atomic E-state index is 0.138. The van der Waals surface area contributed by atoms with Gasteiger partial charge in [-0.25, -0.2) is 12.8 Å². The van der Waals surface area contributed by atoms with Crippen molar-refractivity contribution < 1.29 is 17.7 Å². The molecular weight excluding hydrogens is 331 g/mol. The lowest BCUT2D eigenvalue weighted by Gasteiger charge is -2.05. The van der Waals surface area contributed by atoms with Crippen LogP contribution in [0, 0.1) is 15.9 Å². The first kappa shape index (κ1) is 14.7. The molecule has 0 aliphatic rings. The van der Waals surface area contributed by atoms with Crippen LogP contribution in [0.25, 0.3) is 0 Å². The van der Waals surface area contributed by atoms with Crippen molar-refractivity contribution in [1.29, 1.82) is 0 Å². The second-order valence-corrected chi connectivity index (χ2v) is 7.16. The highest BCUT2D eigenvalue weighted by Gasteiger charge is 2.25. The van der Waals surface area contributed by atoms with Gasteiger partial charge in [-0.1, -0.05) is 11.6 Å². The van der Waals surface area contributed by atoms with E-state index in [1.165, 1.54) is 12.1 Å². The Morgan fingerprint density at radius 1 is 1.30 bits per heavy atom. The summed E-state index contributed by atoms with van der Waals surface area (Å²) in [6, 6.07) is 5.51. The van der Waals surface area contributed by atoms with E-state index in [0.29, 0.717) is 11.3 Å². The first-order chi connectivity index (χ1) is 9.29. The van der Waals surface area contributed by atoms with E-state index in [1.54, 1.807) is 0 Å². The fraction of sp³-hybridized carbons (Fsp3) is 0. The van der Waals surface area contributed by atoms with E-state index < -0.39 is 26.5 Å². The summed E-state index contributed by atoms with van der Waals surface area (Å²) in [7, 11) is -4.00. The van der Waals surface area contributed by atoms with Gasteiger partial charge in [0.05, 0.1) is 4.92 Å². The zero-order valence-electron chi connectivity index (χ0n) is 9.54. The summed E-state index contributed by atoms with van der Waals surface area (Å²) in [5.41, 5.74) is -0.338. The molecule has 1 aromatic carbocycles. The molecular formula is C10H6ClFN2O4S2. The summed E-state index contributed by atoms with van der Waals surface area (Å²) in [6.07, 6.45) is 0. The van der Waals surface area contributed by atoms with E-state index in [-0.39, 0.29) is 14.2 Å². The maximum absolute atomic E-state index is 12.7. The molecule has 0 atom stereocenters. The van der Waals surface area contributed by atoms with Gasteiger partial charge in [0.25, 0.3) is 15.7 Å². The molecule has 0 saturated heterocycles. The topological polar surface area (TPSA) is 89.3 Å². The predicted molar refractivity (Wildman–Crippen MR) is 73.2 cm³/mol. The van der Waals surface area contributed by atoms with Crippen LogP contribution in [0.5, 0.6) is 0 Å². The van der Waals surface area contributed by atoms with E-state index in [1.807, 2.05) is 0 Å². The molecule has 106 valence electrons. The number of thiophene rings is 1. The number of nitrogens with one attached hydrogen (secondary N) is 1. The summed E-state index contributed by atoms with van der Waals surface area (Å²) in [5, 5.41) is 10.6. The summed E-state index contributed by atoms with van der Waals surface area (Å²) < 4.78 is 38.4. The Morgan fingerprint density at radius 2 is 1.90 bits per heavy atom. The van der Waals surface area contributed by atoms with Gasteiger partial charge in [-0.15, -0.1) is 11.3 Å². The van der Waals surface area contributed by atoms with Crippen LogP contribution in [0.4, 0.5) is 15.8 Å². The molecule has 10 heteroatoms. The van der Waals surface area contributed by atoms with Gasteiger partial charge in [-0.05, 0) is 24.3 Å². The summed E-state index contributed by atoms with van der Waals surface area (Å²) in [4.78, 5) is 9.86. The fourth-order valence-corrected chi connectivity index (χ4v) is 4.04.